The Hall–Kier alpha value is -0.810. The molecule has 1 aromatic carbocycles. The molecule has 0 spiro atoms. The van der Waals surface area contributed by atoms with Crippen molar-refractivity contribution in [3.8, 4) is 5.75 Å². The van der Waals surface area contributed by atoms with E-state index in [1.807, 2.05) is 18.2 Å². The number of nitrogens with one attached hydrogen (secondary N) is 1. The van der Waals surface area contributed by atoms with E-state index in [1.54, 1.807) is 7.11 Å². The maximum absolute atomic E-state index is 6.27. The quantitative estimate of drug-likeness (QED) is 0.749. The zero-order chi connectivity index (χ0) is 14.9. The molecule has 0 aliphatic carbocycles. The summed E-state index contributed by atoms with van der Waals surface area (Å²) in [7, 11) is 1.69. The molecule has 0 aromatic heterocycles. The molecule has 5 heteroatoms. The third-order valence-corrected chi connectivity index (χ3v) is 3.83. The minimum absolute atomic E-state index is 0.185. The first-order valence-corrected chi connectivity index (χ1v) is 7.90. The highest BCUT2D eigenvalue weighted by molar-refractivity contribution is 6.32. The molecule has 1 aliphatic rings. The second kappa shape index (κ2) is 9.26. The average molecular weight is 314 g/mol. The van der Waals surface area contributed by atoms with Gasteiger partial charge in [0.25, 0.3) is 0 Å². The smallest absolute Gasteiger partial charge is 0.142 e. The van der Waals surface area contributed by atoms with E-state index in [4.69, 9.17) is 25.8 Å². The lowest BCUT2D eigenvalue weighted by atomic mass is 10.1. The van der Waals surface area contributed by atoms with Gasteiger partial charge in [-0.2, -0.15) is 0 Å². The van der Waals surface area contributed by atoms with Crippen LogP contribution >= 0.6 is 11.6 Å². The summed E-state index contributed by atoms with van der Waals surface area (Å²) < 4.78 is 16.7. The largest absolute Gasteiger partial charge is 0.489 e. The van der Waals surface area contributed by atoms with E-state index in [1.165, 1.54) is 6.42 Å². The number of methoxy groups -OCH3 is 1. The van der Waals surface area contributed by atoms with Gasteiger partial charge in [-0.3, -0.25) is 0 Å². The Labute approximate surface area is 131 Å². The number of para-hydroxylation sites is 1. The fraction of sp³-hybridized carbons (Fsp3) is 0.625. The lowest BCUT2D eigenvalue weighted by molar-refractivity contribution is -0.0112. The lowest BCUT2D eigenvalue weighted by Crippen LogP contribution is -2.26. The highest BCUT2D eigenvalue weighted by Gasteiger charge is 2.16. The molecule has 2 rings (SSSR count). The summed E-state index contributed by atoms with van der Waals surface area (Å²) in [6.45, 7) is 3.60. The standard InChI is InChI=1S/C16H24ClNO3/c1-19-10-8-18-11-13-5-4-7-15(17)16(13)21-12-14-6-2-3-9-20-14/h4-5,7,14,18H,2-3,6,8-12H2,1H3. The maximum Gasteiger partial charge on any atom is 0.142 e. The molecule has 118 valence electrons. The van der Waals surface area contributed by atoms with Gasteiger partial charge in [-0.15, -0.1) is 0 Å². The van der Waals surface area contributed by atoms with Crippen LogP contribution in [0.4, 0.5) is 0 Å². The zero-order valence-electron chi connectivity index (χ0n) is 12.6. The Morgan fingerprint density at radius 2 is 2.29 bits per heavy atom. The molecular formula is C16H24ClNO3. The first-order valence-electron chi connectivity index (χ1n) is 7.52. The van der Waals surface area contributed by atoms with Crippen LogP contribution in [-0.4, -0.2) is 39.6 Å². The van der Waals surface area contributed by atoms with E-state index < -0.39 is 0 Å². The Bertz CT molecular complexity index is 422. The molecular weight excluding hydrogens is 290 g/mol. The third kappa shape index (κ3) is 5.47. The molecule has 4 nitrogen and oxygen atoms in total. The van der Waals surface area contributed by atoms with Gasteiger partial charge < -0.3 is 19.5 Å². The molecule has 1 aliphatic heterocycles. The summed E-state index contributed by atoms with van der Waals surface area (Å²) in [6, 6.07) is 5.83. The summed E-state index contributed by atoms with van der Waals surface area (Å²) in [4.78, 5) is 0. The Kier molecular flexibility index (Phi) is 7.30. The van der Waals surface area contributed by atoms with Crippen LogP contribution in [0, 0.1) is 0 Å². The van der Waals surface area contributed by atoms with Crippen molar-refractivity contribution in [1.82, 2.24) is 5.32 Å². The lowest BCUT2D eigenvalue weighted by Gasteiger charge is -2.23. The first-order chi connectivity index (χ1) is 10.3. The number of ether oxygens (including phenoxy) is 3. The van der Waals surface area contributed by atoms with Crippen molar-refractivity contribution in [2.24, 2.45) is 0 Å². The minimum atomic E-state index is 0.185. The minimum Gasteiger partial charge on any atom is -0.489 e. The zero-order valence-corrected chi connectivity index (χ0v) is 13.3. The summed E-state index contributed by atoms with van der Waals surface area (Å²) in [5.74, 6) is 0.762. The van der Waals surface area contributed by atoms with Crippen LogP contribution in [0.2, 0.25) is 5.02 Å². The summed E-state index contributed by atoms with van der Waals surface area (Å²) in [5.41, 5.74) is 1.06. The number of hydrogen-bond acceptors (Lipinski definition) is 4. The Morgan fingerprint density at radius 1 is 1.38 bits per heavy atom. The van der Waals surface area contributed by atoms with Crippen LogP contribution in [0.25, 0.3) is 0 Å². The molecule has 1 N–H and O–H groups in total. The summed E-state index contributed by atoms with van der Waals surface area (Å²) >= 11 is 6.27. The van der Waals surface area contributed by atoms with Crippen LogP contribution in [-0.2, 0) is 16.0 Å². The predicted octanol–water partition coefficient (Wildman–Crippen LogP) is 3.02. The van der Waals surface area contributed by atoms with Crippen molar-refractivity contribution in [2.75, 3.05) is 33.5 Å². The molecule has 1 saturated heterocycles. The van der Waals surface area contributed by atoms with E-state index in [0.29, 0.717) is 24.8 Å². The van der Waals surface area contributed by atoms with Gasteiger partial charge in [0.2, 0.25) is 0 Å². The van der Waals surface area contributed by atoms with Crippen molar-refractivity contribution in [1.29, 1.82) is 0 Å². The summed E-state index contributed by atoms with van der Waals surface area (Å²) in [6.07, 6.45) is 3.61. The van der Waals surface area contributed by atoms with Gasteiger partial charge in [0.15, 0.2) is 0 Å². The number of benzene rings is 1. The second-order valence-corrected chi connectivity index (χ2v) is 5.60. The highest BCUT2D eigenvalue weighted by atomic mass is 35.5. The Balaban J connectivity index is 1.89. The van der Waals surface area contributed by atoms with Gasteiger partial charge in [0.05, 0.1) is 17.7 Å². The molecule has 1 unspecified atom stereocenters. The highest BCUT2D eigenvalue weighted by Crippen LogP contribution is 2.29. The SMILES string of the molecule is COCCNCc1cccc(Cl)c1OCC1CCCCO1. The van der Waals surface area contributed by atoms with Gasteiger partial charge in [-0.25, -0.2) is 0 Å². The molecule has 1 atom stereocenters. The first kappa shape index (κ1) is 16.6. The monoisotopic (exact) mass is 313 g/mol. The number of hydrogen-bond donors (Lipinski definition) is 1. The van der Waals surface area contributed by atoms with Gasteiger partial charge in [-0.1, -0.05) is 23.7 Å². The van der Waals surface area contributed by atoms with Gasteiger partial charge in [0, 0.05) is 32.4 Å². The Morgan fingerprint density at radius 3 is 3.05 bits per heavy atom. The van der Waals surface area contributed by atoms with Crippen LogP contribution in [0.1, 0.15) is 24.8 Å². The van der Waals surface area contributed by atoms with Crippen LogP contribution in [0.3, 0.4) is 0 Å². The number of halogens is 1. The molecule has 0 saturated carbocycles. The van der Waals surface area contributed by atoms with Crippen LogP contribution in [0.15, 0.2) is 18.2 Å². The average Bonchev–Trinajstić information content (AvgIpc) is 2.52. The van der Waals surface area contributed by atoms with Gasteiger partial charge in [-0.05, 0) is 25.3 Å². The van der Waals surface area contributed by atoms with E-state index in [2.05, 4.69) is 5.32 Å². The van der Waals surface area contributed by atoms with Crippen molar-refractivity contribution < 1.29 is 14.2 Å². The van der Waals surface area contributed by atoms with Gasteiger partial charge in [0.1, 0.15) is 12.4 Å². The molecule has 21 heavy (non-hydrogen) atoms. The fourth-order valence-corrected chi connectivity index (χ4v) is 2.62. The van der Waals surface area contributed by atoms with Crippen LogP contribution in [0.5, 0.6) is 5.75 Å². The number of rotatable bonds is 8. The van der Waals surface area contributed by atoms with Crippen molar-refractivity contribution in [3.05, 3.63) is 28.8 Å². The van der Waals surface area contributed by atoms with Crippen molar-refractivity contribution in [3.63, 3.8) is 0 Å². The fourth-order valence-electron chi connectivity index (χ4n) is 2.37. The van der Waals surface area contributed by atoms with Crippen LogP contribution < -0.4 is 10.1 Å². The van der Waals surface area contributed by atoms with Crippen molar-refractivity contribution >= 4 is 11.6 Å². The molecule has 0 radical (unpaired) electrons. The van der Waals surface area contributed by atoms with Crippen molar-refractivity contribution in [2.45, 2.75) is 31.9 Å². The molecule has 1 heterocycles. The van der Waals surface area contributed by atoms with E-state index in [-0.39, 0.29) is 6.10 Å². The van der Waals surface area contributed by atoms with E-state index in [9.17, 15) is 0 Å². The molecule has 0 amide bonds. The molecule has 1 fully saturated rings. The normalized spacial score (nSPS) is 18.7. The van der Waals surface area contributed by atoms with E-state index in [0.717, 1.165) is 37.3 Å². The maximum atomic E-state index is 6.27. The van der Waals surface area contributed by atoms with Gasteiger partial charge >= 0.3 is 0 Å². The summed E-state index contributed by atoms with van der Waals surface area (Å²) in [5, 5.41) is 3.96. The molecule has 0 bridgehead atoms. The molecule has 1 aromatic rings. The topological polar surface area (TPSA) is 39.7 Å². The second-order valence-electron chi connectivity index (χ2n) is 5.20. The third-order valence-electron chi connectivity index (χ3n) is 3.53. The van der Waals surface area contributed by atoms with E-state index >= 15 is 0 Å². The predicted molar refractivity (Wildman–Crippen MR) is 84.1 cm³/mol.